The topological polar surface area (TPSA) is 53.2 Å². The fourth-order valence-corrected chi connectivity index (χ4v) is 2.44. The van der Waals surface area contributed by atoms with E-state index in [1.54, 1.807) is 6.07 Å². The molecule has 2 aromatic rings. The Labute approximate surface area is 126 Å². The van der Waals surface area contributed by atoms with Gasteiger partial charge in [0.1, 0.15) is 12.4 Å². The molecule has 4 heteroatoms. The van der Waals surface area contributed by atoms with Crippen LogP contribution in [0.15, 0.2) is 40.9 Å². The Kier molecular flexibility index (Phi) is 4.78. The number of benzene rings is 2. The first kappa shape index (κ1) is 14.6. The van der Waals surface area contributed by atoms with Gasteiger partial charge in [0.2, 0.25) is 0 Å². The van der Waals surface area contributed by atoms with E-state index in [1.807, 2.05) is 37.3 Å². The lowest BCUT2D eigenvalue weighted by atomic mass is 10.1. The van der Waals surface area contributed by atoms with Crippen LogP contribution in [0.4, 0.5) is 0 Å². The van der Waals surface area contributed by atoms with Crippen molar-refractivity contribution >= 4 is 15.9 Å². The summed E-state index contributed by atoms with van der Waals surface area (Å²) in [6.07, 6.45) is 0. The Hall–Kier alpha value is -1.83. The summed E-state index contributed by atoms with van der Waals surface area (Å²) < 4.78 is 6.62. The maximum absolute atomic E-state index is 9.33. The van der Waals surface area contributed by atoms with Crippen LogP contribution in [0.25, 0.3) is 0 Å². The third-order valence-corrected chi connectivity index (χ3v) is 3.69. The number of aliphatic hydroxyl groups is 1. The number of aryl methyl sites for hydroxylation is 1. The third-order valence-electron chi connectivity index (χ3n) is 3.06. The molecule has 0 atom stereocenters. The lowest BCUT2D eigenvalue weighted by Gasteiger charge is -2.13. The van der Waals surface area contributed by atoms with Gasteiger partial charge < -0.3 is 9.84 Å². The van der Waals surface area contributed by atoms with Crippen LogP contribution in [-0.2, 0) is 13.2 Å². The average Bonchev–Trinajstić information content (AvgIpc) is 2.46. The smallest absolute Gasteiger partial charge is 0.139 e. The molecule has 0 unspecified atom stereocenters. The van der Waals surface area contributed by atoms with Crippen LogP contribution in [0.5, 0.6) is 5.75 Å². The molecule has 0 heterocycles. The summed E-state index contributed by atoms with van der Waals surface area (Å²) in [5.74, 6) is 0.652. The number of ether oxygens (including phenoxy) is 1. The van der Waals surface area contributed by atoms with Crippen molar-refractivity contribution in [2.75, 3.05) is 0 Å². The molecule has 1 N–H and O–H groups in total. The Balaban J connectivity index is 2.19. The van der Waals surface area contributed by atoms with Crippen molar-refractivity contribution in [3.8, 4) is 11.8 Å². The van der Waals surface area contributed by atoms with Crippen LogP contribution in [-0.4, -0.2) is 5.11 Å². The van der Waals surface area contributed by atoms with E-state index in [9.17, 15) is 5.11 Å². The van der Waals surface area contributed by atoms with Crippen molar-refractivity contribution in [2.24, 2.45) is 0 Å². The number of para-hydroxylation sites is 1. The lowest BCUT2D eigenvalue weighted by molar-refractivity contribution is 0.258. The van der Waals surface area contributed by atoms with E-state index in [4.69, 9.17) is 10.00 Å². The maximum atomic E-state index is 9.33. The number of nitriles is 1. The van der Waals surface area contributed by atoms with Crippen LogP contribution in [0.1, 0.15) is 22.3 Å². The highest BCUT2D eigenvalue weighted by molar-refractivity contribution is 9.10. The summed E-state index contributed by atoms with van der Waals surface area (Å²) in [5.41, 5.74) is 3.42. The molecule has 0 aliphatic carbocycles. The van der Waals surface area contributed by atoms with E-state index in [2.05, 4.69) is 22.0 Å². The van der Waals surface area contributed by atoms with E-state index in [-0.39, 0.29) is 6.61 Å². The monoisotopic (exact) mass is 331 g/mol. The van der Waals surface area contributed by atoms with Crippen molar-refractivity contribution in [3.63, 3.8) is 0 Å². The Morgan fingerprint density at radius 1 is 1.25 bits per heavy atom. The second-order valence-corrected chi connectivity index (χ2v) is 5.28. The minimum Gasteiger partial charge on any atom is -0.487 e. The molecule has 0 amide bonds. The Morgan fingerprint density at radius 2 is 2.05 bits per heavy atom. The number of hydrogen-bond donors (Lipinski definition) is 1. The molecule has 0 aromatic heterocycles. The zero-order valence-electron chi connectivity index (χ0n) is 11.1. The molecule has 2 aromatic carbocycles. The van der Waals surface area contributed by atoms with Crippen LogP contribution < -0.4 is 4.74 Å². The molecule has 0 saturated heterocycles. The van der Waals surface area contributed by atoms with Crippen LogP contribution in [0, 0.1) is 18.3 Å². The first-order valence-corrected chi connectivity index (χ1v) is 6.95. The largest absolute Gasteiger partial charge is 0.487 e. The van der Waals surface area contributed by atoms with Crippen LogP contribution in [0.2, 0.25) is 0 Å². The van der Waals surface area contributed by atoms with Gasteiger partial charge in [-0.2, -0.15) is 5.26 Å². The van der Waals surface area contributed by atoms with Crippen LogP contribution in [0.3, 0.4) is 0 Å². The van der Waals surface area contributed by atoms with Gasteiger partial charge in [0, 0.05) is 5.56 Å². The minimum atomic E-state index is -0.0683. The molecule has 20 heavy (non-hydrogen) atoms. The quantitative estimate of drug-likeness (QED) is 0.929. The molecule has 0 fully saturated rings. The molecule has 0 spiro atoms. The van der Waals surface area contributed by atoms with Gasteiger partial charge in [0.15, 0.2) is 0 Å². The van der Waals surface area contributed by atoms with Gasteiger partial charge in [0.05, 0.1) is 22.7 Å². The molecular formula is C16H14BrNO2. The molecule has 2 rings (SSSR count). The number of hydrogen-bond acceptors (Lipinski definition) is 3. The number of aliphatic hydroxyl groups excluding tert-OH is 1. The highest BCUT2D eigenvalue weighted by atomic mass is 79.9. The van der Waals surface area contributed by atoms with E-state index in [1.165, 1.54) is 0 Å². The molecule has 0 bridgehead atoms. The summed E-state index contributed by atoms with van der Waals surface area (Å²) >= 11 is 3.42. The third kappa shape index (κ3) is 3.19. The van der Waals surface area contributed by atoms with Gasteiger partial charge in [-0.05, 0) is 52.2 Å². The predicted octanol–water partition coefficient (Wildman–Crippen LogP) is 3.70. The molecule has 0 radical (unpaired) electrons. The van der Waals surface area contributed by atoms with Gasteiger partial charge in [-0.25, -0.2) is 0 Å². The van der Waals surface area contributed by atoms with E-state index >= 15 is 0 Å². The fraction of sp³-hybridized carbons (Fsp3) is 0.188. The highest BCUT2D eigenvalue weighted by Gasteiger charge is 2.08. The van der Waals surface area contributed by atoms with Crippen molar-refractivity contribution in [3.05, 3.63) is 63.1 Å². The van der Waals surface area contributed by atoms with Gasteiger partial charge in [-0.1, -0.05) is 18.2 Å². The van der Waals surface area contributed by atoms with Gasteiger partial charge in [0.25, 0.3) is 0 Å². The zero-order chi connectivity index (χ0) is 14.5. The molecule has 3 nitrogen and oxygen atoms in total. The van der Waals surface area contributed by atoms with Crippen molar-refractivity contribution in [1.82, 2.24) is 0 Å². The van der Waals surface area contributed by atoms with E-state index < -0.39 is 0 Å². The second-order valence-electron chi connectivity index (χ2n) is 4.43. The fourth-order valence-electron chi connectivity index (χ4n) is 1.92. The summed E-state index contributed by atoms with van der Waals surface area (Å²) in [6, 6.07) is 13.2. The highest BCUT2D eigenvalue weighted by Crippen LogP contribution is 2.30. The Bertz CT molecular complexity index is 662. The molecule has 102 valence electrons. The van der Waals surface area contributed by atoms with Crippen LogP contribution >= 0.6 is 15.9 Å². The summed E-state index contributed by atoms with van der Waals surface area (Å²) in [5, 5.41) is 18.2. The van der Waals surface area contributed by atoms with Crippen molar-refractivity contribution in [1.29, 1.82) is 5.26 Å². The minimum absolute atomic E-state index is 0.0683. The maximum Gasteiger partial charge on any atom is 0.139 e. The summed E-state index contributed by atoms with van der Waals surface area (Å²) in [7, 11) is 0. The first-order chi connectivity index (χ1) is 9.65. The van der Waals surface area contributed by atoms with Crippen molar-refractivity contribution in [2.45, 2.75) is 20.1 Å². The van der Waals surface area contributed by atoms with Gasteiger partial charge in [-0.3, -0.25) is 0 Å². The average molecular weight is 332 g/mol. The van der Waals surface area contributed by atoms with E-state index in [0.29, 0.717) is 17.9 Å². The number of halogens is 1. The second kappa shape index (κ2) is 6.56. The molecule has 0 aliphatic heterocycles. The SMILES string of the molecule is Cc1cc(C#N)ccc1COc1c(Br)cccc1CO. The lowest BCUT2D eigenvalue weighted by Crippen LogP contribution is -2.01. The molecule has 0 aliphatic rings. The standard InChI is InChI=1S/C16H14BrNO2/c1-11-7-12(8-18)5-6-14(11)10-20-16-13(9-19)3-2-4-15(16)17/h2-7,19H,9-10H2,1H3. The Morgan fingerprint density at radius 3 is 2.70 bits per heavy atom. The number of rotatable bonds is 4. The predicted molar refractivity (Wildman–Crippen MR) is 80.3 cm³/mol. The van der Waals surface area contributed by atoms with Gasteiger partial charge >= 0.3 is 0 Å². The van der Waals surface area contributed by atoms with Crippen molar-refractivity contribution < 1.29 is 9.84 Å². The molecular weight excluding hydrogens is 318 g/mol. The normalized spacial score (nSPS) is 10.1. The first-order valence-electron chi connectivity index (χ1n) is 6.16. The van der Waals surface area contributed by atoms with Gasteiger partial charge in [-0.15, -0.1) is 0 Å². The molecule has 0 saturated carbocycles. The summed E-state index contributed by atoms with van der Waals surface area (Å²) in [6.45, 7) is 2.28. The summed E-state index contributed by atoms with van der Waals surface area (Å²) in [4.78, 5) is 0. The zero-order valence-corrected chi connectivity index (χ0v) is 12.6. The number of nitrogens with zero attached hydrogens (tertiary/aromatic N) is 1. The van der Waals surface area contributed by atoms with E-state index in [0.717, 1.165) is 21.2 Å².